The molecule has 0 aliphatic heterocycles. The molecule has 0 saturated carbocycles. The lowest BCUT2D eigenvalue weighted by Crippen LogP contribution is -1.85. The summed E-state index contributed by atoms with van der Waals surface area (Å²) in [5.74, 6) is -0.314. The summed E-state index contributed by atoms with van der Waals surface area (Å²) in [4.78, 5) is 3.20. The van der Waals surface area contributed by atoms with E-state index >= 15 is 0 Å². The molecule has 0 bridgehead atoms. The van der Waals surface area contributed by atoms with E-state index in [9.17, 15) is 4.39 Å². The smallest absolute Gasteiger partial charge is 0.134 e. The monoisotopic (exact) mass is 259 g/mol. The Kier molecular flexibility index (Phi) is 2.60. The van der Waals surface area contributed by atoms with Gasteiger partial charge in [-0.25, -0.2) is 4.39 Å². The van der Waals surface area contributed by atoms with Gasteiger partial charge in [-0.1, -0.05) is 29.3 Å². The third-order valence-electron chi connectivity index (χ3n) is 3.01. The van der Waals surface area contributed by atoms with E-state index in [4.69, 9.17) is 11.6 Å². The highest BCUT2D eigenvalue weighted by Crippen LogP contribution is 2.32. The summed E-state index contributed by atoms with van der Waals surface area (Å²) < 4.78 is 13.8. The predicted octanol–water partition coefficient (Wildman–Crippen LogP) is 4.94. The maximum absolute atomic E-state index is 13.8. The van der Waals surface area contributed by atoms with Crippen LogP contribution in [0.1, 0.15) is 5.56 Å². The Hall–Kier alpha value is -1.80. The topological polar surface area (TPSA) is 15.8 Å². The minimum absolute atomic E-state index is 0.314. The lowest BCUT2D eigenvalue weighted by atomic mass is 10.1. The molecule has 1 aromatic heterocycles. The van der Waals surface area contributed by atoms with E-state index in [1.54, 1.807) is 12.1 Å². The Morgan fingerprint density at radius 2 is 1.94 bits per heavy atom. The van der Waals surface area contributed by atoms with Crippen LogP contribution in [-0.2, 0) is 0 Å². The molecular formula is C15H11ClFN. The maximum atomic E-state index is 13.8. The molecule has 3 heteroatoms. The number of hydrogen-bond donors (Lipinski definition) is 1. The Labute approximate surface area is 109 Å². The van der Waals surface area contributed by atoms with Crippen molar-refractivity contribution in [3.63, 3.8) is 0 Å². The van der Waals surface area contributed by atoms with Gasteiger partial charge < -0.3 is 4.98 Å². The molecule has 90 valence electrons. The molecule has 0 spiro atoms. The van der Waals surface area contributed by atoms with Gasteiger partial charge in [0.15, 0.2) is 0 Å². The van der Waals surface area contributed by atoms with Crippen LogP contribution in [-0.4, -0.2) is 4.98 Å². The normalized spacial score (nSPS) is 11.1. The van der Waals surface area contributed by atoms with Crippen molar-refractivity contribution < 1.29 is 4.39 Å². The second-order valence-corrected chi connectivity index (χ2v) is 4.78. The Morgan fingerprint density at radius 3 is 2.72 bits per heavy atom. The summed E-state index contributed by atoms with van der Waals surface area (Å²) in [7, 11) is 0. The first kappa shape index (κ1) is 11.3. The zero-order valence-corrected chi connectivity index (χ0v) is 10.6. The molecule has 0 amide bonds. The Balaban J connectivity index is 2.26. The van der Waals surface area contributed by atoms with E-state index in [1.165, 1.54) is 11.6 Å². The summed E-state index contributed by atoms with van der Waals surface area (Å²) in [6.07, 6.45) is 0. The van der Waals surface area contributed by atoms with Crippen LogP contribution >= 0.6 is 11.6 Å². The lowest BCUT2D eigenvalue weighted by Gasteiger charge is -2.02. The van der Waals surface area contributed by atoms with Gasteiger partial charge in [0.1, 0.15) is 5.82 Å². The number of hydrogen-bond acceptors (Lipinski definition) is 0. The molecule has 3 rings (SSSR count). The number of aromatic amines is 1. The van der Waals surface area contributed by atoms with Gasteiger partial charge in [-0.3, -0.25) is 0 Å². The fraction of sp³-hybridized carbons (Fsp3) is 0.0667. The Morgan fingerprint density at radius 1 is 1.11 bits per heavy atom. The first-order chi connectivity index (χ1) is 8.65. The van der Waals surface area contributed by atoms with Gasteiger partial charge in [0.25, 0.3) is 0 Å². The average Bonchev–Trinajstić information content (AvgIpc) is 2.71. The predicted molar refractivity (Wildman–Crippen MR) is 73.4 cm³/mol. The van der Waals surface area contributed by atoms with Crippen molar-refractivity contribution >= 4 is 22.5 Å². The molecule has 0 atom stereocenters. The zero-order chi connectivity index (χ0) is 12.7. The minimum atomic E-state index is -0.314. The van der Waals surface area contributed by atoms with Gasteiger partial charge in [0.2, 0.25) is 0 Å². The van der Waals surface area contributed by atoms with E-state index in [1.807, 2.05) is 25.1 Å². The zero-order valence-electron chi connectivity index (χ0n) is 9.80. The SMILES string of the molecule is Cc1ccc2[nH]c(-c3c(F)cccc3Cl)cc2c1. The molecular weight excluding hydrogens is 249 g/mol. The molecule has 1 nitrogen and oxygen atoms in total. The van der Waals surface area contributed by atoms with Crippen LogP contribution in [0, 0.1) is 12.7 Å². The first-order valence-corrected chi connectivity index (χ1v) is 6.07. The number of H-pyrrole nitrogens is 1. The second-order valence-electron chi connectivity index (χ2n) is 4.37. The third-order valence-corrected chi connectivity index (χ3v) is 3.32. The number of fused-ring (bicyclic) bond motifs is 1. The Bertz CT molecular complexity index is 710. The van der Waals surface area contributed by atoms with E-state index in [-0.39, 0.29) is 5.82 Å². The van der Waals surface area contributed by atoms with Crippen molar-refractivity contribution in [1.29, 1.82) is 0 Å². The average molecular weight is 260 g/mol. The van der Waals surface area contributed by atoms with Gasteiger partial charge in [0.05, 0.1) is 16.3 Å². The standard InChI is InChI=1S/C15H11ClFN/c1-9-5-6-13-10(7-9)8-14(18-13)15-11(16)3-2-4-12(15)17/h2-8,18H,1H3. The van der Waals surface area contributed by atoms with Crippen molar-refractivity contribution in [2.75, 3.05) is 0 Å². The molecule has 3 aromatic rings. The number of rotatable bonds is 1. The fourth-order valence-electron chi connectivity index (χ4n) is 2.14. The molecule has 0 saturated heterocycles. The molecule has 0 fully saturated rings. The van der Waals surface area contributed by atoms with Crippen LogP contribution in [0.5, 0.6) is 0 Å². The van der Waals surface area contributed by atoms with Crippen LogP contribution in [0.4, 0.5) is 4.39 Å². The molecule has 2 aromatic carbocycles. The highest BCUT2D eigenvalue weighted by Gasteiger charge is 2.11. The molecule has 0 aliphatic rings. The van der Waals surface area contributed by atoms with Crippen molar-refractivity contribution in [2.24, 2.45) is 0 Å². The maximum Gasteiger partial charge on any atom is 0.134 e. The third kappa shape index (κ3) is 1.79. The molecule has 1 heterocycles. The number of halogens is 2. The number of benzene rings is 2. The molecule has 18 heavy (non-hydrogen) atoms. The van der Waals surface area contributed by atoms with E-state index in [0.29, 0.717) is 16.3 Å². The molecule has 0 radical (unpaired) electrons. The van der Waals surface area contributed by atoms with E-state index < -0.39 is 0 Å². The van der Waals surface area contributed by atoms with Gasteiger partial charge >= 0.3 is 0 Å². The molecule has 0 unspecified atom stereocenters. The fourth-order valence-corrected chi connectivity index (χ4v) is 2.41. The second kappa shape index (κ2) is 4.14. The van der Waals surface area contributed by atoms with Gasteiger partial charge in [-0.15, -0.1) is 0 Å². The van der Waals surface area contributed by atoms with Crippen LogP contribution in [0.25, 0.3) is 22.2 Å². The van der Waals surface area contributed by atoms with Crippen molar-refractivity contribution in [2.45, 2.75) is 6.92 Å². The van der Waals surface area contributed by atoms with Crippen LogP contribution in [0.2, 0.25) is 5.02 Å². The largest absolute Gasteiger partial charge is 0.354 e. The van der Waals surface area contributed by atoms with Crippen molar-refractivity contribution in [3.8, 4) is 11.3 Å². The number of aromatic nitrogens is 1. The van der Waals surface area contributed by atoms with Gasteiger partial charge in [-0.2, -0.15) is 0 Å². The van der Waals surface area contributed by atoms with E-state index in [0.717, 1.165) is 10.9 Å². The quantitative estimate of drug-likeness (QED) is 0.637. The van der Waals surface area contributed by atoms with Gasteiger partial charge in [-0.05, 0) is 37.3 Å². The van der Waals surface area contributed by atoms with Crippen LogP contribution < -0.4 is 0 Å². The molecule has 0 aliphatic carbocycles. The summed E-state index contributed by atoms with van der Waals surface area (Å²) in [6.45, 7) is 2.03. The number of nitrogens with one attached hydrogen (secondary N) is 1. The van der Waals surface area contributed by atoms with Crippen molar-refractivity contribution in [1.82, 2.24) is 4.98 Å². The minimum Gasteiger partial charge on any atom is -0.354 e. The highest BCUT2D eigenvalue weighted by atomic mass is 35.5. The highest BCUT2D eigenvalue weighted by molar-refractivity contribution is 6.33. The van der Waals surface area contributed by atoms with E-state index in [2.05, 4.69) is 11.1 Å². The number of aryl methyl sites for hydroxylation is 1. The van der Waals surface area contributed by atoms with Crippen LogP contribution in [0.15, 0.2) is 42.5 Å². The summed E-state index contributed by atoms with van der Waals surface area (Å²) in [5, 5.41) is 1.47. The van der Waals surface area contributed by atoms with Crippen molar-refractivity contribution in [3.05, 3.63) is 58.9 Å². The first-order valence-electron chi connectivity index (χ1n) is 5.69. The summed E-state index contributed by atoms with van der Waals surface area (Å²) >= 11 is 6.06. The molecule has 1 N–H and O–H groups in total. The summed E-state index contributed by atoms with van der Waals surface area (Å²) in [5.41, 5.74) is 3.29. The summed E-state index contributed by atoms with van der Waals surface area (Å²) in [6, 6.07) is 12.7. The lowest BCUT2D eigenvalue weighted by molar-refractivity contribution is 0.631. The van der Waals surface area contributed by atoms with Gasteiger partial charge in [0, 0.05) is 10.9 Å². The van der Waals surface area contributed by atoms with Crippen LogP contribution in [0.3, 0.4) is 0 Å².